The zero-order chi connectivity index (χ0) is 22.7. The molecule has 0 unspecified atom stereocenters. The number of rotatable bonds is 3. The largest absolute Gasteiger partial charge is 0.504 e. The van der Waals surface area contributed by atoms with Crippen LogP contribution >= 0.6 is 0 Å². The van der Waals surface area contributed by atoms with Crippen LogP contribution in [0.5, 0.6) is 17.2 Å². The smallest absolute Gasteiger partial charge is 0.200 e. The Balaban J connectivity index is 1.96. The molecule has 3 N–H and O–H groups in total. The number of hydrogen-bond acceptors (Lipinski definition) is 3. The average molecular weight is 427 g/mol. The van der Waals surface area contributed by atoms with Gasteiger partial charge in [0.25, 0.3) is 0 Å². The monoisotopic (exact) mass is 426 g/mol. The van der Waals surface area contributed by atoms with Gasteiger partial charge in [-0.25, -0.2) is 0 Å². The lowest BCUT2D eigenvalue weighted by Crippen LogP contribution is -2.08. The fourth-order valence-corrected chi connectivity index (χ4v) is 5.10. The molecule has 0 saturated heterocycles. The fraction of sp³-hybridized carbons (Fsp3) is 0.185. The van der Waals surface area contributed by atoms with Gasteiger partial charge in [-0.1, -0.05) is 42.5 Å². The molecule has 0 aliphatic carbocycles. The number of aromatic nitrogens is 2. The summed E-state index contributed by atoms with van der Waals surface area (Å²) in [6.07, 6.45) is 0. The van der Waals surface area contributed by atoms with E-state index in [1.807, 2.05) is 38.4 Å². The molecule has 5 aromatic rings. The van der Waals surface area contributed by atoms with Gasteiger partial charge in [0.05, 0.1) is 0 Å². The Hall–Kier alpha value is -3.86. The standard InChI is InChI=1S/C27H26N2O3/c1-15-23(17-9-5-7-11-20(17)28(15)3)25(19-13-14-22(30)27(32)26(19)31)24-16(2)29(4)21-12-8-6-10-18(21)24/h5-14,25,30-32H,1-4H3. The van der Waals surface area contributed by atoms with E-state index in [1.54, 1.807) is 6.07 Å². The van der Waals surface area contributed by atoms with Crippen molar-refractivity contribution in [2.24, 2.45) is 14.1 Å². The number of benzene rings is 3. The first-order valence-corrected chi connectivity index (χ1v) is 10.6. The van der Waals surface area contributed by atoms with Crippen molar-refractivity contribution in [2.45, 2.75) is 19.8 Å². The van der Waals surface area contributed by atoms with Crippen molar-refractivity contribution in [3.8, 4) is 17.2 Å². The second-order valence-corrected chi connectivity index (χ2v) is 8.45. The number of aromatic hydroxyl groups is 3. The number of phenolic OH excluding ortho intramolecular Hbond substituents is 3. The third-order valence-corrected chi connectivity index (χ3v) is 6.95. The molecule has 0 radical (unpaired) electrons. The Morgan fingerprint density at radius 3 is 1.59 bits per heavy atom. The Kier molecular flexibility index (Phi) is 4.45. The van der Waals surface area contributed by atoms with Gasteiger partial charge < -0.3 is 24.5 Å². The molecule has 5 heteroatoms. The van der Waals surface area contributed by atoms with E-state index in [0.29, 0.717) is 5.56 Å². The first-order valence-electron chi connectivity index (χ1n) is 10.6. The summed E-state index contributed by atoms with van der Waals surface area (Å²) >= 11 is 0. The van der Waals surface area contributed by atoms with Gasteiger partial charge in [0.2, 0.25) is 5.75 Å². The molecular formula is C27H26N2O3. The van der Waals surface area contributed by atoms with Gasteiger partial charge in [0, 0.05) is 58.8 Å². The number of hydrogen-bond donors (Lipinski definition) is 3. The van der Waals surface area contributed by atoms with Crippen LogP contribution in [-0.2, 0) is 14.1 Å². The molecule has 5 rings (SSSR count). The predicted octanol–water partition coefficient (Wildman–Crippen LogP) is 5.58. The maximum absolute atomic E-state index is 11.0. The van der Waals surface area contributed by atoms with E-state index in [9.17, 15) is 15.3 Å². The van der Waals surface area contributed by atoms with Crippen LogP contribution in [0.15, 0.2) is 60.7 Å². The molecule has 0 amide bonds. The molecule has 0 fully saturated rings. The van der Waals surface area contributed by atoms with E-state index < -0.39 is 5.75 Å². The van der Waals surface area contributed by atoms with E-state index in [4.69, 9.17) is 0 Å². The third kappa shape index (κ3) is 2.64. The number of phenols is 3. The van der Waals surface area contributed by atoms with Crippen molar-refractivity contribution in [2.75, 3.05) is 0 Å². The first kappa shape index (κ1) is 20.1. The van der Waals surface area contributed by atoms with Crippen molar-refractivity contribution in [1.82, 2.24) is 9.13 Å². The Morgan fingerprint density at radius 1 is 0.625 bits per heavy atom. The molecule has 0 saturated carbocycles. The molecule has 162 valence electrons. The minimum Gasteiger partial charge on any atom is -0.504 e. The van der Waals surface area contributed by atoms with Crippen molar-refractivity contribution in [1.29, 1.82) is 0 Å². The van der Waals surface area contributed by atoms with Crippen LogP contribution in [-0.4, -0.2) is 24.5 Å². The lowest BCUT2D eigenvalue weighted by atomic mass is 9.81. The van der Waals surface area contributed by atoms with E-state index in [1.165, 1.54) is 6.07 Å². The fourth-order valence-electron chi connectivity index (χ4n) is 5.10. The highest BCUT2D eigenvalue weighted by Crippen LogP contribution is 2.49. The maximum Gasteiger partial charge on any atom is 0.200 e. The summed E-state index contributed by atoms with van der Waals surface area (Å²) in [4.78, 5) is 0. The summed E-state index contributed by atoms with van der Waals surface area (Å²) in [6, 6.07) is 19.6. The molecule has 32 heavy (non-hydrogen) atoms. The molecule has 2 aromatic heterocycles. The minimum atomic E-state index is -0.497. The molecule has 0 atom stereocenters. The van der Waals surface area contributed by atoms with E-state index in [0.717, 1.165) is 44.3 Å². The summed E-state index contributed by atoms with van der Waals surface area (Å²) in [7, 11) is 4.09. The van der Waals surface area contributed by atoms with Crippen LogP contribution in [0.1, 0.15) is 34.0 Å². The normalized spacial score (nSPS) is 11.8. The molecule has 5 nitrogen and oxygen atoms in total. The van der Waals surface area contributed by atoms with Crippen molar-refractivity contribution < 1.29 is 15.3 Å². The van der Waals surface area contributed by atoms with Gasteiger partial charge in [-0.2, -0.15) is 0 Å². The average Bonchev–Trinajstić information content (AvgIpc) is 3.20. The van der Waals surface area contributed by atoms with Gasteiger partial charge in [-0.05, 0) is 43.2 Å². The lowest BCUT2D eigenvalue weighted by Gasteiger charge is -2.22. The zero-order valence-corrected chi connectivity index (χ0v) is 18.6. The molecule has 3 aromatic carbocycles. The quantitative estimate of drug-likeness (QED) is 0.330. The highest BCUT2D eigenvalue weighted by atomic mass is 16.3. The summed E-state index contributed by atoms with van der Waals surface area (Å²) < 4.78 is 4.32. The van der Waals surface area contributed by atoms with Gasteiger partial charge in [-0.3, -0.25) is 0 Å². The highest BCUT2D eigenvalue weighted by Gasteiger charge is 2.31. The molecule has 2 heterocycles. The van der Waals surface area contributed by atoms with Gasteiger partial charge in [0.1, 0.15) is 0 Å². The molecule has 0 bridgehead atoms. The Bertz CT molecular complexity index is 1420. The van der Waals surface area contributed by atoms with Gasteiger partial charge >= 0.3 is 0 Å². The van der Waals surface area contributed by atoms with Crippen molar-refractivity contribution in [3.63, 3.8) is 0 Å². The number of fused-ring (bicyclic) bond motifs is 2. The SMILES string of the molecule is Cc1c(C(c2ccc(O)c(O)c2O)c2c(C)n(C)c3ccccc23)c2ccccc2n1C. The molecule has 0 aliphatic rings. The lowest BCUT2D eigenvalue weighted by molar-refractivity contribution is 0.364. The second-order valence-electron chi connectivity index (χ2n) is 8.45. The summed E-state index contributed by atoms with van der Waals surface area (Å²) in [5.41, 5.74) is 7.06. The topological polar surface area (TPSA) is 70.6 Å². The van der Waals surface area contributed by atoms with E-state index in [2.05, 4.69) is 47.2 Å². The molecular weight excluding hydrogens is 400 g/mol. The summed E-state index contributed by atoms with van der Waals surface area (Å²) in [5.74, 6) is -1.48. The van der Waals surface area contributed by atoms with Crippen LogP contribution in [0.25, 0.3) is 21.8 Å². The first-order chi connectivity index (χ1) is 15.3. The van der Waals surface area contributed by atoms with Gasteiger partial charge in [-0.15, -0.1) is 0 Å². The predicted molar refractivity (Wildman–Crippen MR) is 128 cm³/mol. The van der Waals surface area contributed by atoms with Gasteiger partial charge in [0.15, 0.2) is 11.5 Å². The number of aryl methyl sites for hydroxylation is 2. The maximum atomic E-state index is 11.0. The Labute approximate surface area is 186 Å². The third-order valence-electron chi connectivity index (χ3n) is 6.95. The van der Waals surface area contributed by atoms with Crippen molar-refractivity contribution >= 4 is 21.8 Å². The molecule has 0 aliphatic heterocycles. The van der Waals surface area contributed by atoms with Crippen LogP contribution in [0, 0.1) is 13.8 Å². The second kappa shape index (κ2) is 7.09. The van der Waals surface area contributed by atoms with Crippen LogP contribution in [0.3, 0.4) is 0 Å². The van der Waals surface area contributed by atoms with Crippen LogP contribution in [0.2, 0.25) is 0 Å². The summed E-state index contributed by atoms with van der Waals surface area (Å²) in [5, 5.41) is 33.6. The van der Waals surface area contributed by atoms with Crippen LogP contribution in [0.4, 0.5) is 0 Å². The number of para-hydroxylation sites is 2. The van der Waals surface area contributed by atoms with Crippen LogP contribution < -0.4 is 0 Å². The van der Waals surface area contributed by atoms with E-state index >= 15 is 0 Å². The number of nitrogens with zero attached hydrogens (tertiary/aromatic N) is 2. The molecule has 0 spiro atoms. The zero-order valence-electron chi connectivity index (χ0n) is 18.6. The van der Waals surface area contributed by atoms with Crippen molar-refractivity contribution in [3.05, 3.63) is 88.7 Å². The Morgan fingerprint density at radius 2 is 1.09 bits per heavy atom. The summed E-state index contributed by atoms with van der Waals surface area (Å²) in [6.45, 7) is 4.17. The minimum absolute atomic E-state index is 0.297. The highest BCUT2D eigenvalue weighted by molar-refractivity contribution is 5.92. The van der Waals surface area contributed by atoms with E-state index in [-0.39, 0.29) is 17.4 Å².